The number of hydrogen-bond acceptors (Lipinski definition) is 2. The first kappa shape index (κ1) is 14.0. The van der Waals surface area contributed by atoms with Crippen LogP contribution in [0.5, 0.6) is 0 Å². The van der Waals surface area contributed by atoms with Gasteiger partial charge in [0.05, 0.1) is 0 Å². The number of nitrogens with one attached hydrogen (secondary N) is 1. The van der Waals surface area contributed by atoms with E-state index in [0.29, 0.717) is 17.1 Å². The van der Waals surface area contributed by atoms with Crippen LogP contribution in [0.25, 0.3) is 0 Å². The topological polar surface area (TPSA) is 55.1 Å². The molecular weight excluding hydrogens is 236 g/mol. The molecular formula is C13H19ClN2O. The summed E-state index contributed by atoms with van der Waals surface area (Å²) in [6, 6.07) is 5.14. The van der Waals surface area contributed by atoms with Crippen LogP contribution in [0.15, 0.2) is 18.2 Å². The predicted octanol–water partition coefficient (Wildman–Crippen LogP) is 2.72. The fraction of sp³-hybridized carbons (Fsp3) is 0.462. The number of rotatable bonds is 5. The minimum atomic E-state index is -0.458. The van der Waals surface area contributed by atoms with E-state index in [1.54, 1.807) is 12.1 Å². The van der Waals surface area contributed by atoms with Crippen molar-refractivity contribution < 1.29 is 4.79 Å². The summed E-state index contributed by atoms with van der Waals surface area (Å²) < 4.78 is 0. The number of primary amides is 1. The van der Waals surface area contributed by atoms with Crippen LogP contribution in [-0.4, -0.2) is 11.4 Å². The molecule has 0 saturated carbocycles. The molecule has 0 radical (unpaired) electrons. The summed E-state index contributed by atoms with van der Waals surface area (Å²) in [6.07, 6.45) is 1.03. The van der Waals surface area contributed by atoms with Crippen LogP contribution >= 0.6 is 11.6 Å². The molecule has 94 valence electrons. The van der Waals surface area contributed by atoms with Gasteiger partial charge in [0, 0.05) is 22.7 Å². The molecule has 4 heteroatoms. The number of halogens is 1. The van der Waals surface area contributed by atoms with Gasteiger partial charge in [-0.15, -0.1) is 0 Å². The largest absolute Gasteiger partial charge is 0.366 e. The Morgan fingerprint density at radius 2 is 2.12 bits per heavy atom. The molecule has 0 aliphatic rings. The van der Waals surface area contributed by atoms with E-state index in [4.69, 9.17) is 17.3 Å². The molecule has 0 atom stereocenters. The molecule has 1 amide bonds. The van der Waals surface area contributed by atoms with Gasteiger partial charge >= 0.3 is 0 Å². The van der Waals surface area contributed by atoms with Crippen LogP contribution < -0.4 is 11.1 Å². The van der Waals surface area contributed by atoms with Crippen LogP contribution in [0.2, 0.25) is 5.02 Å². The lowest BCUT2D eigenvalue weighted by Crippen LogP contribution is -2.37. The van der Waals surface area contributed by atoms with Gasteiger partial charge in [0.2, 0.25) is 5.91 Å². The Labute approximate surface area is 107 Å². The molecule has 1 aromatic carbocycles. The fourth-order valence-corrected chi connectivity index (χ4v) is 1.55. The zero-order valence-corrected chi connectivity index (χ0v) is 11.3. The van der Waals surface area contributed by atoms with Crippen molar-refractivity contribution in [3.05, 3.63) is 34.3 Å². The number of carbonyl (C=O) groups is 1. The van der Waals surface area contributed by atoms with Crippen LogP contribution in [0.3, 0.4) is 0 Å². The van der Waals surface area contributed by atoms with E-state index in [9.17, 15) is 4.79 Å². The highest BCUT2D eigenvalue weighted by molar-refractivity contribution is 6.31. The maximum atomic E-state index is 11.0. The average Bonchev–Trinajstić information content (AvgIpc) is 2.27. The molecule has 0 fully saturated rings. The maximum Gasteiger partial charge on any atom is 0.248 e. The molecule has 1 aromatic rings. The summed E-state index contributed by atoms with van der Waals surface area (Å²) in [5.74, 6) is -0.458. The van der Waals surface area contributed by atoms with Crippen molar-refractivity contribution in [2.24, 2.45) is 5.73 Å². The Morgan fingerprint density at radius 1 is 1.47 bits per heavy atom. The molecule has 0 aliphatic heterocycles. The van der Waals surface area contributed by atoms with Gasteiger partial charge in [0.15, 0.2) is 0 Å². The number of benzene rings is 1. The molecule has 0 heterocycles. The molecule has 3 N–H and O–H groups in total. The van der Waals surface area contributed by atoms with Crippen LogP contribution in [0, 0.1) is 0 Å². The summed E-state index contributed by atoms with van der Waals surface area (Å²) in [4.78, 5) is 11.0. The Balaban J connectivity index is 2.77. The highest BCUT2D eigenvalue weighted by Crippen LogP contribution is 2.19. The van der Waals surface area contributed by atoms with Gasteiger partial charge in [0.1, 0.15) is 0 Å². The average molecular weight is 255 g/mol. The third kappa shape index (κ3) is 4.02. The minimum absolute atomic E-state index is 0.0751. The molecule has 0 bridgehead atoms. The van der Waals surface area contributed by atoms with Gasteiger partial charge in [-0.25, -0.2) is 0 Å². The zero-order valence-electron chi connectivity index (χ0n) is 10.5. The summed E-state index contributed by atoms with van der Waals surface area (Å²) in [6.45, 7) is 7.08. The van der Waals surface area contributed by atoms with E-state index < -0.39 is 5.91 Å². The first-order chi connectivity index (χ1) is 7.85. The van der Waals surface area contributed by atoms with Crippen molar-refractivity contribution in [2.75, 3.05) is 0 Å². The Morgan fingerprint density at radius 3 is 2.59 bits per heavy atom. The zero-order chi connectivity index (χ0) is 13.1. The summed E-state index contributed by atoms with van der Waals surface area (Å²) in [5, 5.41) is 3.98. The highest BCUT2D eigenvalue weighted by Gasteiger charge is 2.14. The molecule has 0 unspecified atom stereocenters. The number of hydrogen-bond donors (Lipinski definition) is 2. The molecule has 0 spiro atoms. The van der Waals surface area contributed by atoms with Crippen LogP contribution in [0.1, 0.15) is 43.1 Å². The van der Waals surface area contributed by atoms with Crippen LogP contribution in [-0.2, 0) is 6.54 Å². The van der Waals surface area contributed by atoms with Crippen molar-refractivity contribution in [3.8, 4) is 0 Å². The number of nitrogens with two attached hydrogens (primary N) is 1. The standard InChI is InChI=1S/C13H19ClN2O/c1-4-13(2,3)16-8-10-6-5-9(12(15)17)7-11(10)14/h5-7,16H,4,8H2,1-3H3,(H2,15,17). The number of carbonyl (C=O) groups excluding carboxylic acids is 1. The van der Waals surface area contributed by atoms with Crippen molar-refractivity contribution in [3.63, 3.8) is 0 Å². The molecule has 0 aromatic heterocycles. The van der Waals surface area contributed by atoms with E-state index in [2.05, 4.69) is 26.1 Å². The first-order valence-electron chi connectivity index (χ1n) is 5.69. The first-order valence-corrected chi connectivity index (χ1v) is 6.07. The van der Waals surface area contributed by atoms with E-state index in [-0.39, 0.29) is 5.54 Å². The Hall–Kier alpha value is -1.06. The predicted molar refractivity (Wildman–Crippen MR) is 71.2 cm³/mol. The second-order valence-corrected chi connectivity index (χ2v) is 5.17. The lowest BCUT2D eigenvalue weighted by molar-refractivity contribution is 0.100. The van der Waals surface area contributed by atoms with Gasteiger partial charge in [-0.3, -0.25) is 4.79 Å². The van der Waals surface area contributed by atoms with Crippen molar-refractivity contribution in [1.29, 1.82) is 0 Å². The molecule has 17 heavy (non-hydrogen) atoms. The quantitative estimate of drug-likeness (QED) is 0.849. The Kier molecular flexibility index (Phi) is 4.54. The Bertz CT molecular complexity index is 416. The van der Waals surface area contributed by atoms with E-state index in [1.807, 2.05) is 6.07 Å². The minimum Gasteiger partial charge on any atom is -0.366 e. The summed E-state index contributed by atoms with van der Waals surface area (Å²) in [5.41, 5.74) is 6.67. The van der Waals surface area contributed by atoms with Crippen molar-refractivity contribution >= 4 is 17.5 Å². The molecule has 3 nitrogen and oxygen atoms in total. The summed E-state index contributed by atoms with van der Waals surface area (Å²) in [7, 11) is 0. The van der Waals surface area contributed by atoms with Gasteiger partial charge in [-0.1, -0.05) is 24.6 Å². The summed E-state index contributed by atoms with van der Waals surface area (Å²) >= 11 is 6.10. The molecule has 1 rings (SSSR count). The van der Waals surface area contributed by atoms with Crippen LogP contribution in [0.4, 0.5) is 0 Å². The third-order valence-corrected chi connectivity index (χ3v) is 3.33. The third-order valence-electron chi connectivity index (χ3n) is 2.98. The monoisotopic (exact) mass is 254 g/mol. The fourth-order valence-electron chi connectivity index (χ4n) is 1.30. The van der Waals surface area contributed by atoms with Gasteiger partial charge < -0.3 is 11.1 Å². The van der Waals surface area contributed by atoms with Crippen molar-refractivity contribution in [1.82, 2.24) is 5.32 Å². The maximum absolute atomic E-state index is 11.0. The molecule has 0 aliphatic carbocycles. The van der Waals surface area contributed by atoms with Gasteiger partial charge in [-0.2, -0.15) is 0 Å². The van der Waals surface area contributed by atoms with E-state index in [1.165, 1.54) is 0 Å². The molecule has 0 saturated heterocycles. The van der Waals surface area contributed by atoms with Gasteiger partial charge in [-0.05, 0) is 38.0 Å². The van der Waals surface area contributed by atoms with E-state index >= 15 is 0 Å². The van der Waals surface area contributed by atoms with E-state index in [0.717, 1.165) is 12.0 Å². The SMILES string of the molecule is CCC(C)(C)NCc1ccc(C(N)=O)cc1Cl. The van der Waals surface area contributed by atoms with Crippen molar-refractivity contribution in [2.45, 2.75) is 39.3 Å². The normalized spacial score (nSPS) is 11.5. The van der Waals surface area contributed by atoms with Gasteiger partial charge in [0.25, 0.3) is 0 Å². The second kappa shape index (κ2) is 5.52. The second-order valence-electron chi connectivity index (χ2n) is 4.76. The lowest BCUT2D eigenvalue weighted by atomic mass is 10.0. The highest BCUT2D eigenvalue weighted by atomic mass is 35.5. The lowest BCUT2D eigenvalue weighted by Gasteiger charge is -2.24. The number of amides is 1. The smallest absolute Gasteiger partial charge is 0.248 e.